The summed E-state index contributed by atoms with van der Waals surface area (Å²) < 4.78 is 0. The molecule has 0 saturated heterocycles. The third kappa shape index (κ3) is 5.26. The Morgan fingerprint density at radius 1 is 1.23 bits per heavy atom. The van der Waals surface area contributed by atoms with Crippen LogP contribution in [0.1, 0.15) is 41.8 Å². The minimum atomic E-state index is -0.183. The van der Waals surface area contributed by atoms with E-state index >= 15 is 0 Å². The van der Waals surface area contributed by atoms with Gasteiger partial charge >= 0.3 is 0 Å². The fraction of sp³-hybridized carbons (Fsp3) is 0.435. The highest BCUT2D eigenvalue weighted by molar-refractivity contribution is 7.16. The smallest absolute Gasteiger partial charge is 0.280 e. The van der Waals surface area contributed by atoms with Crippen LogP contribution in [0, 0.1) is 17.2 Å². The number of carbonyl (C=O) groups excluding carboxylic acids is 2. The number of quaternary nitrogens is 1. The highest BCUT2D eigenvalue weighted by Gasteiger charge is 2.25. The monoisotopic (exact) mass is 425 g/mol. The zero-order valence-electron chi connectivity index (χ0n) is 17.8. The third-order valence-electron chi connectivity index (χ3n) is 5.47. The highest BCUT2D eigenvalue weighted by Crippen LogP contribution is 2.39. The van der Waals surface area contributed by atoms with Gasteiger partial charge in [0.05, 0.1) is 12.6 Å². The average molecular weight is 426 g/mol. The highest BCUT2D eigenvalue weighted by atomic mass is 32.1. The lowest BCUT2D eigenvalue weighted by Crippen LogP contribution is -3.11. The summed E-state index contributed by atoms with van der Waals surface area (Å²) in [6, 6.07) is 10.0. The van der Waals surface area contributed by atoms with Crippen LogP contribution >= 0.6 is 11.3 Å². The number of rotatable bonds is 7. The maximum Gasteiger partial charge on any atom is 0.280 e. The normalized spacial score (nSPS) is 16.3. The first kappa shape index (κ1) is 22.0. The Hall–Kier alpha value is -2.69. The zero-order chi connectivity index (χ0) is 21.7. The number of carbonyl (C=O) groups is 2. The van der Waals surface area contributed by atoms with Gasteiger partial charge in [-0.15, -0.1) is 11.3 Å². The van der Waals surface area contributed by atoms with Gasteiger partial charge in [-0.25, -0.2) is 0 Å². The first-order valence-electron chi connectivity index (χ1n) is 10.4. The van der Waals surface area contributed by atoms with E-state index in [4.69, 9.17) is 0 Å². The summed E-state index contributed by atoms with van der Waals surface area (Å²) in [5, 5.41) is 16.1. The van der Waals surface area contributed by atoms with Crippen LogP contribution in [-0.2, 0) is 28.9 Å². The molecule has 7 heteroatoms. The summed E-state index contributed by atoms with van der Waals surface area (Å²) in [5.74, 6) is 0.301. The summed E-state index contributed by atoms with van der Waals surface area (Å²) >= 11 is 1.52. The van der Waals surface area contributed by atoms with Crippen LogP contribution in [0.4, 0.5) is 10.7 Å². The largest absolute Gasteiger partial charge is 0.322 e. The standard InChI is InChI=1S/C23H28N4O2S/c1-4-16-7-5-6-8-19(16)25-21(28)13-27(3)14-22(29)26-23-18(12-24)17-10-9-15(2)11-20(17)30-23/h5-8,15H,4,9-11,13-14H2,1-3H3,(H,25,28)(H,26,29)/p+1/t15-/m0/s1. The van der Waals surface area contributed by atoms with E-state index in [0.717, 1.165) is 47.4 Å². The Morgan fingerprint density at radius 3 is 2.63 bits per heavy atom. The number of fused-ring (bicyclic) bond motifs is 1. The Labute approximate surface area is 181 Å². The number of para-hydroxylation sites is 1. The molecular formula is C23H29N4O2S+. The van der Waals surface area contributed by atoms with Crippen molar-refractivity contribution < 1.29 is 14.5 Å². The number of nitrogens with one attached hydrogen (secondary N) is 3. The van der Waals surface area contributed by atoms with Crippen molar-refractivity contribution in [3.63, 3.8) is 0 Å². The summed E-state index contributed by atoms with van der Waals surface area (Å²) in [4.78, 5) is 26.9. The summed E-state index contributed by atoms with van der Waals surface area (Å²) in [6.07, 6.45) is 3.78. The number of benzene rings is 1. The number of nitriles is 1. The molecule has 0 fully saturated rings. The molecule has 3 rings (SSSR count). The number of amides is 2. The number of likely N-dealkylation sites (N-methyl/N-ethyl adjacent to an activating group) is 1. The number of anilines is 2. The van der Waals surface area contributed by atoms with Gasteiger partial charge in [0.25, 0.3) is 11.8 Å². The molecule has 0 saturated carbocycles. The molecule has 1 unspecified atom stereocenters. The van der Waals surface area contributed by atoms with E-state index in [2.05, 4.69) is 23.6 Å². The summed E-state index contributed by atoms with van der Waals surface area (Å²) in [6.45, 7) is 4.61. The molecule has 158 valence electrons. The molecular weight excluding hydrogens is 396 g/mol. The Kier molecular flexibility index (Phi) is 7.24. The van der Waals surface area contributed by atoms with Crippen LogP contribution < -0.4 is 15.5 Å². The number of hydrogen-bond donors (Lipinski definition) is 3. The van der Waals surface area contributed by atoms with Gasteiger partial charge in [0.2, 0.25) is 0 Å². The first-order chi connectivity index (χ1) is 14.4. The minimum absolute atomic E-state index is 0.125. The van der Waals surface area contributed by atoms with Crippen LogP contribution in [0.2, 0.25) is 0 Å². The van der Waals surface area contributed by atoms with Crippen LogP contribution in [0.3, 0.4) is 0 Å². The molecule has 0 bridgehead atoms. The van der Waals surface area contributed by atoms with Crippen molar-refractivity contribution in [3.8, 4) is 6.07 Å². The number of nitrogens with zero attached hydrogens (tertiary/aromatic N) is 1. The number of thiophene rings is 1. The lowest BCUT2D eigenvalue weighted by atomic mass is 9.89. The van der Waals surface area contributed by atoms with E-state index in [-0.39, 0.29) is 24.9 Å². The van der Waals surface area contributed by atoms with E-state index in [9.17, 15) is 14.9 Å². The first-order valence-corrected chi connectivity index (χ1v) is 11.3. The van der Waals surface area contributed by atoms with E-state index in [0.29, 0.717) is 16.5 Å². The molecule has 1 aromatic carbocycles. The van der Waals surface area contributed by atoms with E-state index in [1.165, 1.54) is 16.2 Å². The minimum Gasteiger partial charge on any atom is -0.322 e. The van der Waals surface area contributed by atoms with Crippen LogP contribution in [0.5, 0.6) is 0 Å². The van der Waals surface area contributed by atoms with Gasteiger partial charge in [-0.3, -0.25) is 9.59 Å². The predicted molar refractivity (Wildman–Crippen MR) is 120 cm³/mol. The molecule has 3 N–H and O–H groups in total. The Bertz CT molecular complexity index is 976. The second kappa shape index (κ2) is 9.88. The van der Waals surface area contributed by atoms with Crippen molar-refractivity contribution in [2.75, 3.05) is 30.8 Å². The fourth-order valence-electron chi connectivity index (χ4n) is 3.88. The molecule has 1 aliphatic rings. The van der Waals surface area contributed by atoms with Crippen molar-refractivity contribution >= 4 is 33.8 Å². The molecule has 0 radical (unpaired) electrons. The fourth-order valence-corrected chi connectivity index (χ4v) is 5.26. The maximum atomic E-state index is 12.5. The lowest BCUT2D eigenvalue weighted by molar-refractivity contribution is -0.862. The van der Waals surface area contributed by atoms with Gasteiger partial charge in [-0.1, -0.05) is 32.0 Å². The van der Waals surface area contributed by atoms with Crippen LogP contribution in [-0.4, -0.2) is 32.0 Å². The Morgan fingerprint density at radius 2 is 1.93 bits per heavy atom. The van der Waals surface area contributed by atoms with E-state index < -0.39 is 0 Å². The molecule has 1 aromatic heterocycles. The summed E-state index contributed by atoms with van der Waals surface area (Å²) in [7, 11) is 1.82. The molecule has 2 amide bonds. The molecule has 2 atom stereocenters. The Balaban J connectivity index is 1.56. The average Bonchev–Trinajstić information content (AvgIpc) is 3.03. The van der Waals surface area contributed by atoms with E-state index in [1.54, 1.807) is 0 Å². The topological polar surface area (TPSA) is 86.4 Å². The van der Waals surface area contributed by atoms with Crippen molar-refractivity contribution in [1.82, 2.24) is 0 Å². The molecule has 2 aromatic rings. The molecule has 6 nitrogen and oxygen atoms in total. The van der Waals surface area contributed by atoms with Gasteiger partial charge < -0.3 is 15.5 Å². The zero-order valence-corrected chi connectivity index (χ0v) is 18.6. The molecule has 1 heterocycles. The second-order valence-corrected chi connectivity index (χ2v) is 9.19. The van der Waals surface area contributed by atoms with Gasteiger partial charge in [0.1, 0.15) is 11.1 Å². The van der Waals surface area contributed by atoms with Gasteiger partial charge in [-0.05, 0) is 48.8 Å². The molecule has 1 aliphatic carbocycles. The summed E-state index contributed by atoms with van der Waals surface area (Å²) in [5.41, 5.74) is 3.62. The second-order valence-electron chi connectivity index (χ2n) is 8.09. The van der Waals surface area contributed by atoms with Crippen LogP contribution in [0.25, 0.3) is 0 Å². The maximum absolute atomic E-state index is 12.5. The predicted octanol–water partition coefficient (Wildman–Crippen LogP) is 2.40. The molecule has 30 heavy (non-hydrogen) atoms. The van der Waals surface area contributed by atoms with Gasteiger partial charge in [-0.2, -0.15) is 5.26 Å². The van der Waals surface area contributed by atoms with Crippen molar-refractivity contribution in [3.05, 3.63) is 45.8 Å². The van der Waals surface area contributed by atoms with Crippen LogP contribution in [0.15, 0.2) is 24.3 Å². The van der Waals surface area contributed by atoms with E-state index in [1.807, 2.05) is 38.2 Å². The molecule has 0 spiro atoms. The quantitative estimate of drug-likeness (QED) is 0.637. The number of hydrogen-bond acceptors (Lipinski definition) is 4. The third-order valence-corrected chi connectivity index (χ3v) is 6.64. The van der Waals surface area contributed by atoms with Gasteiger partial charge in [0.15, 0.2) is 13.1 Å². The van der Waals surface area contributed by atoms with Crippen molar-refractivity contribution in [2.24, 2.45) is 5.92 Å². The van der Waals surface area contributed by atoms with Crippen molar-refractivity contribution in [2.45, 2.75) is 39.5 Å². The van der Waals surface area contributed by atoms with Crippen molar-refractivity contribution in [1.29, 1.82) is 5.26 Å². The molecule has 0 aliphatic heterocycles. The number of aryl methyl sites for hydroxylation is 1. The van der Waals surface area contributed by atoms with Gasteiger partial charge in [0, 0.05) is 10.6 Å². The SMILES string of the molecule is CCc1ccccc1NC(=O)C[NH+](C)CC(=O)Nc1sc2c(c1C#N)CC[C@H](C)C2. The lowest BCUT2D eigenvalue weighted by Gasteiger charge is -2.17.